The summed E-state index contributed by atoms with van der Waals surface area (Å²) in [7, 11) is 3.18. The Morgan fingerprint density at radius 1 is 1.11 bits per heavy atom. The van der Waals surface area contributed by atoms with Crippen LogP contribution in [0.3, 0.4) is 0 Å². The van der Waals surface area contributed by atoms with E-state index in [0.29, 0.717) is 17.2 Å². The molecule has 0 fully saturated rings. The fourth-order valence-electron chi connectivity index (χ4n) is 2.60. The van der Waals surface area contributed by atoms with Crippen LogP contribution in [0.2, 0.25) is 0 Å². The molecular weight excluding hydrogens is 344 g/mol. The van der Waals surface area contributed by atoms with Crippen molar-refractivity contribution < 1.29 is 14.3 Å². The summed E-state index contributed by atoms with van der Waals surface area (Å²) in [5.74, 6) is 1.00. The standard InChI is InChI=1S/C20H20N4O3/c1-14(25)22-21-12-16-13-24(17-7-5-4-6-8-17)23-20(16)15-9-10-18(26-2)19(11-15)27-3/h4-13H,1-3H3,(H,22,25)/b21-12-. The Labute approximate surface area is 157 Å². The van der Waals surface area contributed by atoms with E-state index in [4.69, 9.17) is 14.6 Å². The summed E-state index contributed by atoms with van der Waals surface area (Å²) in [6.07, 6.45) is 3.42. The van der Waals surface area contributed by atoms with Crippen LogP contribution in [-0.2, 0) is 4.79 Å². The second-order valence-electron chi connectivity index (χ2n) is 5.71. The van der Waals surface area contributed by atoms with Gasteiger partial charge in [0.15, 0.2) is 11.5 Å². The minimum atomic E-state index is -0.241. The first-order valence-corrected chi connectivity index (χ1v) is 8.29. The topological polar surface area (TPSA) is 77.7 Å². The number of aromatic nitrogens is 2. The monoisotopic (exact) mass is 364 g/mol. The van der Waals surface area contributed by atoms with E-state index in [1.54, 1.807) is 25.1 Å². The highest BCUT2D eigenvalue weighted by molar-refractivity contribution is 5.89. The SMILES string of the molecule is COc1ccc(-c2nn(-c3ccccc3)cc2/C=N\NC(C)=O)cc1OC. The van der Waals surface area contributed by atoms with E-state index in [9.17, 15) is 4.79 Å². The molecule has 0 spiro atoms. The van der Waals surface area contributed by atoms with Crippen LogP contribution in [0.25, 0.3) is 16.9 Å². The van der Waals surface area contributed by atoms with E-state index >= 15 is 0 Å². The van der Waals surface area contributed by atoms with Crippen LogP contribution < -0.4 is 14.9 Å². The van der Waals surface area contributed by atoms with Gasteiger partial charge in [-0.2, -0.15) is 10.2 Å². The first-order valence-electron chi connectivity index (χ1n) is 8.29. The number of hydrogen-bond donors (Lipinski definition) is 1. The van der Waals surface area contributed by atoms with Gasteiger partial charge in [0.25, 0.3) is 0 Å². The van der Waals surface area contributed by atoms with Crippen LogP contribution in [0.15, 0.2) is 59.8 Å². The van der Waals surface area contributed by atoms with E-state index < -0.39 is 0 Å². The number of nitrogens with zero attached hydrogens (tertiary/aromatic N) is 3. The highest BCUT2D eigenvalue weighted by atomic mass is 16.5. The number of ether oxygens (including phenoxy) is 2. The molecule has 2 aromatic carbocycles. The summed E-state index contributed by atoms with van der Waals surface area (Å²) in [4.78, 5) is 11.1. The van der Waals surface area contributed by atoms with Crippen LogP contribution >= 0.6 is 0 Å². The Bertz CT molecular complexity index is 965. The molecule has 0 aliphatic carbocycles. The molecule has 0 radical (unpaired) electrons. The number of benzene rings is 2. The molecule has 0 saturated carbocycles. The van der Waals surface area contributed by atoms with Crippen molar-refractivity contribution in [3.8, 4) is 28.4 Å². The first-order chi connectivity index (χ1) is 13.1. The molecule has 1 N–H and O–H groups in total. The van der Waals surface area contributed by atoms with E-state index in [0.717, 1.165) is 16.8 Å². The van der Waals surface area contributed by atoms with Gasteiger partial charge in [0, 0.05) is 24.2 Å². The maximum atomic E-state index is 11.1. The second-order valence-corrected chi connectivity index (χ2v) is 5.71. The Balaban J connectivity index is 2.08. The molecule has 1 heterocycles. The summed E-state index contributed by atoms with van der Waals surface area (Å²) in [6, 6.07) is 15.3. The van der Waals surface area contributed by atoms with E-state index in [1.807, 2.05) is 54.7 Å². The maximum absolute atomic E-state index is 11.1. The lowest BCUT2D eigenvalue weighted by Crippen LogP contribution is -2.12. The van der Waals surface area contributed by atoms with Crippen molar-refractivity contribution in [3.05, 3.63) is 60.3 Å². The normalized spacial score (nSPS) is 10.8. The van der Waals surface area contributed by atoms with Gasteiger partial charge in [-0.1, -0.05) is 18.2 Å². The summed E-state index contributed by atoms with van der Waals surface area (Å²) in [5, 5.41) is 8.67. The predicted molar refractivity (Wildman–Crippen MR) is 104 cm³/mol. The minimum absolute atomic E-state index is 0.241. The lowest BCUT2D eigenvalue weighted by Gasteiger charge is -2.09. The molecule has 0 unspecified atom stereocenters. The number of hydrazone groups is 1. The molecule has 0 aliphatic heterocycles. The zero-order valence-electron chi connectivity index (χ0n) is 15.3. The average molecular weight is 364 g/mol. The van der Waals surface area contributed by atoms with Crippen LogP contribution in [0, 0.1) is 0 Å². The van der Waals surface area contributed by atoms with Gasteiger partial charge < -0.3 is 9.47 Å². The zero-order valence-corrected chi connectivity index (χ0v) is 15.3. The lowest BCUT2D eigenvalue weighted by atomic mass is 10.1. The van der Waals surface area contributed by atoms with E-state index in [1.165, 1.54) is 6.92 Å². The molecule has 3 aromatic rings. The number of carbonyl (C=O) groups excluding carboxylic acids is 1. The van der Waals surface area contributed by atoms with Crippen molar-refractivity contribution in [2.75, 3.05) is 14.2 Å². The molecule has 0 aliphatic rings. The first kappa shape index (κ1) is 18.2. The predicted octanol–water partition coefficient (Wildman–Crippen LogP) is 3.03. The fraction of sp³-hybridized carbons (Fsp3) is 0.150. The third-order valence-electron chi connectivity index (χ3n) is 3.85. The molecule has 7 heteroatoms. The van der Waals surface area contributed by atoms with Crippen LogP contribution in [0.1, 0.15) is 12.5 Å². The summed E-state index contributed by atoms with van der Waals surface area (Å²) < 4.78 is 12.5. The van der Waals surface area contributed by atoms with Crippen molar-refractivity contribution in [2.24, 2.45) is 5.10 Å². The second kappa shape index (κ2) is 8.18. The van der Waals surface area contributed by atoms with Crippen LogP contribution in [0.4, 0.5) is 0 Å². The Kier molecular flexibility index (Phi) is 5.51. The van der Waals surface area contributed by atoms with Crippen molar-refractivity contribution >= 4 is 12.1 Å². The van der Waals surface area contributed by atoms with Crippen molar-refractivity contribution in [2.45, 2.75) is 6.92 Å². The molecule has 138 valence electrons. The highest BCUT2D eigenvalue weighted by Crippen LogP contribution is 2.33. The molecule has 7 nitrogen and oxygen atoms in total. The summed E-state index contributed by atoms with van der Waals surface area (Å²) >= 11 is 0. The van der Waals surface area contributed by atoms with E-state index in [2.05, 4.69) is 10.5 Å². The summed E-state index contributed by atoms with van der Waals surface area (Å²) in [6.45, 7) is 1.40. The van der Waals surface area contributed by atoms with Crippen LogP contribution in [-0.4, -0.2) is 36.1 Å². The fourth-order valence-corrected chi connectivity index (χ4v) is 2.60. The Hall–Kier alpha value is -3.61. The number of methoxy groups -OCH3 is 2. The van der Waals surface area contributed by atoms with Gasteiger partial charge in [0.05, 0.1) is 26.1 Å². The number of nitrogens with one attached hydrogen (secondary N) is 1. The third-order valence-corrected chi connectivity index (χ3v) is 3.85. The number of para-hydroxylation sites is 1. The van der Waals surface area contributed by atoms with Gasteiger partial charge in [-0.25, -0.2) is 10.1 Å². The van der Waals surface area contributed by atoms with Crippen molar-refractivity contribution in [1.82, 2.24) is 15.2 Å². The minimum Gasteiger partial charge on any atom is -0.493 e. The van der Waals surface area contributed by atoms with Gasteiger partial charge in [-0.3, -0.25) is 4.79 Å². The molecule has 0 bridgehead atoms. The van der Waals surface area contributed by atoms with Gasteiger partial charge in [-0.05, 0) is 30.3 Å². The van der Waals surface area contributed by atoms with Crippen molar-refractivity contribution in [3.63, 3.8) is 0 Å². The molecule has 0 atom stereocenters. The molecular formula is C20H20N4O3. The van der Waals surface area contributed by atoms with E-state index in [-0.39, 0.29) is 5.91 Å². The zero-order chi connectivity index (χ0) is 19.2. The number of amides is 1. The lowest BCUT2D eigenvalue weighted by molar-refractivity contribution is -0.118. The Morgan fingerprint density at radius 2 is 1.85 bits per heavy atom. The third kappa shape index (κ3) is 4.14. The van der Waals surface area contributed by atoms with Gasteiger partial charge >= 0.3 is 0 Å². The van der Waals surface area contributed by atoms with Gasteiger partial charge in [-0.15, -0.1) is 0 Å². The molecule has 3 rings (SSSR count). The summed E-state index contributed by atoms with van der Waals surface area (Å²) in [5.41, 5.74) is 5.62. The largest absolute Gasteiger partial charge is 0.493 e. The van der Waals surface area contributed by atoms with Crippen molar-refractivity contribution in [1.29, 1.82) is 0 Å². The molecule has 1 aromatic heterocycles. The average Bonchev–Trinajstić information content (AvgIpc) is 3.12. The quantitative estimate of drug-likeness (QED) is 0.539. The molecule has 27 heavy (non-hydrogen) atoms. The molecule has 1 amide bonds. The number of carbonyl (C=O) groups is 1. The van der Waals surface area contributed by atoms with Gasteiger partial charge in [0.2, 0.25) is 5.91 Å². The number of rotatable bonds is 6. The smallest absolute Gasteiger partial charge is 0.236 e. The highest BCUT2D eigenvalue weighted by Gasteiger charge is 2.14. The van der Waals surface area contributed by atoms with Crippen LogP contribution in [0.5, 0.6) is 11.5 Å². The van der Waals surface area contributed by atoms with Gasteiger partial charge in [0.1, 0.15) is 5.69 Å². The number of hydrogen-bond acceptors (Lipinski definition) is 5. The Morgan fingerprint density at radius 3 is 2.52 bits per heavy atom. The maximum Gasteiger partial charge on any atom is 0.236 e. The molecule has 0 saturated heterocycles.